The van der Waals surface area contributed by atoms with E-state index in [1.807, 2.05) is 0 Å². The molecule has 0 N–H and O–H groups in total. The third-order valence-electron chi connectivity index (χ3n) is 1.56. The van der Waals surface area contributed by atoms with Crippen molar-refractivity contribution >= 4 is 0 Å². The number of unbranched alkanes of at least 4 members (excludes halogenated alkanes) is 1. The molecule has 1 radical (unpaired) electrons. The van der Waals surface area contributed by atoms with Gasteiger partial charge in [-0.25, -0.2) is 4.39 Å². The smallest absolute Gasteiger partial charge is 0.172 e. The fraction of sp³-hybridized carbons (Fsp3) is 0.400. The number of benzene rings is 1. The summed E-state index contributed by atoms with van der Waals surface area (Å²) in [7, 11) is 0. The molecule has 0 atom stereocenters. The molecule has 3 heteroatoms. The van der Waals surface area contributed by atoms with Gasteiger partial charge < -0.3 is 4.74 Å². The molecule has 0 spiro atoms. The molecule has 0 heterocycles. The summed E-state index contributed by atoms with van der Waals surface area (Å²) in [6.45, 7) is -0.00848. The van der Waals surface area contributed by atoms with Gasteiger partial charge in [0.15, 0.2) is 11.6 Å². The Morgan fingerprint density at radius 3 is 2.92 bits per heavy atom. The Labute approximate surface area is 76.3 Å². The van der Waals surface area contributed by atoms with Crippen LogP contribution in [0.3, 0.4) is 0 Å². The van der Waals surface area contributed by atoms with Gasteiger partial charge in [0, 0.05) is 6.07 Å². The van der Waals surface area contributed by atoms with E-state index in [4.69, 9.17) is 4.74 Å². The maximum atomic E-state index is 12.8. The first-order valence-corrected chi connectivity index (χ1v) is 4.19. The molecule has 0 aromatic heterocycles. The van der Waals surface area contributed by atoms with E-state index in [2.05, 4.69) is 6.07 Å². The Morgan fingerprint density at radius 1 is 1.38 bits per heavy atom. The van der Waals surface area contributed by atoms with Crippen molar-refractivity contribution in [2.24, 2.45) is 0 Å². The SMILES string of the molecule is FCCCCOc1ccc[c]c1F. The van der Waals surface area contributed by atoms with Crippen molar-refractivity contribution in [2.75, 3.05) is 13.3 Å². The van der Waals surface area contributed by atoms with Crippen molar-refractivity contribution in [1.29, 1.82) is 0 Å². The van der Waals surface area contributed by atoms with Gasteiger partial charge >= 0.3 is 0 Å². The lowest BCUT2D eigenvalue weighted by Gasteiger charge is -2.05. The van der Waals surface area contributed by atoms with E-state index in [9.17, 15) is 8.78 Å². The minimum absolute atomic E-state index is 0.182. The molecule has 1 rings (SSSR count). The molecule has 71 valence electrons. The Bertz CT molecular complexity index is 250. The Kier molecular flexibility index (Phi) is 4.23. The van der Waals surface area contributed by atoms with Crippen LogP contribution in [-0.2, 0) is 0 Å². The average molecular weight is 185 g/mol. The summed E-state index contributed by atoms with van der Waals surface area (Å²) in [6, 6.07) is 7.03. The molecule has 0 saturated carbocycles. The summed E-state index contributed by atoms with van der Waals surface area (Å²) >= 11 is 0. The highest BCUT2D eigenvalue weighted by atomic mass is 19.1. The van der Waals surface area contributed by atoms with Gasteiger partial charge in [0.1, 0.15) is 0 Å². The van der Waals surface area contributed by atoms with E-state index in [-0.39, 0.29) is 12.4 Å². The minimum atomic E-state index is -0.497. The third-order valence-corrected chi connectivity index (χ3v) is 1.56. The molecule has 0 aliphatic rings. The summed E-state index contributed by atoms with van der Waals surface area (Å²) in [4.78, 5) is 0. The fourth-order valence-corrected chi connectivity index (χ4v) is 0.891. The summed E-state index contributed by atoms with van der Waals surface area (Å²) in [5, 5.41) is 0. The maximum absolute atomic E-state index is 12.8. The summed E-state index contributed by atoms with van der Waals surface area (Å²) < 4.78 is 29.6. The van der Waals surface area contributed by atoms with Crippen molar-refractivity contribution in [3.05, 3.63) is 30.1 Å². The van der Waals surface area contributed by atoms with E-state index in [1.54, 1.807) is 6.07 Å². The molecule has 0 saturated heterocycles. The van der Waals surface area contributed by atoms with Crippen LogP contribution in [-0.4, -0.2) is 13.3 Å². The van der Waals surface area contributed by atoms with Gasteiger partial charge in [-0.2, -0.15) is 0 Å². The number of rotatable bonds is 5. The molecule has 0 amide bonds. The fourth-order valence-electron chi connectivity index (χ4n) is 0.891. The summed E-state index contributed by atoms with van der Waals surface area (Å²) in [5.74, 6) is -0.316. The van der Waals surface area contributed by atoms with Crippen LogP contribution in [0.2, 0.25) is 0 Å². The van der Waals surface area contributed by atoms with Crippen molar-refractivity contribution in [3.8, 4) is 5.75 Å². The van der Waals surface area contributed by atoms with Crippen molar-refractivity contribution in [1.82, 2.24) is 0 Å². The van der Waals surface area contributed by atoms with Gasteiger partial charge in [-0.05, 0) is 18.9 Å². The molecule has 1 aromatic carbocycles. The first-order chi connectivity index (χ1) is 6.34. The molecule has 1 aromatic rings. The first kappa shape index (κ1) is 9.96. The van der Waals surface area contributed by atoms with Gasteiger partial charge in [-0.3, -0.25) is 4.39 Å². The third kappa shape index (κ3) is 3.40. The first-order valence-electron chi connectivity index (χ1n) is 4.19. The van der Waals surface area contributed by atoms with E-state index in [0.717, 1.165) is 0 Å². The van der Waals surface area contributed by atoms with Crippen LogP contribution in [0.15, 0.2) is 18.2 Å². The zero-order valence-electron chi connectivity index (χ0n) is 7.22. The van der Waals surface area contributed by atoms with E-state index >= 15 is 0 Å². The van der Waals surface area contributed by atoms with E-state index in [0.29, 0.717) is 19.4 Å². The molecular formula is C10H11F2O. The topological polar surface area (TPSA) is 9.23 Å². The molecule has 0 aliphatic heterocycles. The van der Waals surface area contributed by atoms with Gasteiger partial charge in [-0.1, -0.05) is 12.1 Å². The van der Waals surface area contributed by atoms with Gasteiger partial charge in [0.05, 0.1) is 13.3 Å². The predicted octanol–water partition coefficient (Wildman–Crippen LogP) is 2.75. The summed E-state index contributed by atoms with van der Waals surface area (Å²) in [6.07, 6.45) is 1.06. The predicted molar refractivity (Wildman–Crippen MR) is 45.9 cm³/mol. The zero-order valence-corrected chi connectivity index (χ0v) is 7.22. The van der Waals surface area contributed by atoms with E-state index < -0.39 is 5.82 Å². The molecule has 0 bridgehead atoms. The lowest BCUT2D eigenvalue weighted by atomic mass is 10.3. The number of hydrogen-bond donors (Lipinski definition) is 0. The Morgan fingerprint density at radius 2 is 2.23 bits per heavy atom. The molecule has 13 heavy (non-hydrogen) atoms. The van der Waals surface area contributed by atoms with Gasteiger partial charge in [0.25, 0.3) is 0 Å². The van der Waals surface area contributed by atoms with Crippen molar-refractivity contribution in [2.45, 2.75) is 12.8 Å². The van der Waals surface area contributed by atoms with Crippen LogP contribution < -0.4 is 4.74 Å². The van der Waals surface area contributed by atoms with Crippen LogP contribution in [0.5, 0.6) is 5.75 Å². The number of halogens is 2. The largest absolute Gasteiger partial charge is 0.490 e. The standard InChI is InChI=1S/C10H11F2O/c11-7-3-4-8-13-10-6-2-1-5-9(10)12/h1-2,6H,3-4,7-8H2. The van der Waals surface area contributed by atoms with Crippen LogP contribution in [0, 0.1) is 11.9 Å². The molecule has 0 aliphatic carbocycles. The van der Waals surface area contributed by atoms with Crippen LogP contribution >= 0.6 is 0 Å². The Hall–Kier alpha value is -1.12. The lowest BCUT2D eigenvalue weighted by molar-refractivity contribution is 0.284. The number of ether oxygens (including phenoxy) is 1. The van der Waals surface area contributed by atoms with Crippen molar-refractivity contribution < 1.29 is 13.5 Å². The van der Waals surface area contributed by atoms with Crippen LogP contribution in [0.1, 0.15) is 12.8 Å². The second kappa shape index (κ2) is 5.51. The quantitative estimate of drug-likeness (QED) is 0.641. The van der Waals surface area contributed by atoms with Gasteiger partial charge in [0.2, 0.25) is 0 Å². The highest BCUT2D eigenvalue weighted by Gasteiger charge is 2.00. The average Bonchev–Trinajstić information content (AvgIpc) is 2.15. The zero-order chi connectivity index (χ0) is 9.52. The van der Waals surface area contributed by atoms with Crippen molar-refractivity contribution in [3.63, 3.8) is 0 Å². The van der Waals surface area contributed by atoms with E-state index in [1.165, 1.54) is 12.1 Å². The highest BCUT2D eigenvalue weighted by molar-refractivity contribution is 5.22. The summed E-state index contributed by atoms with van der Waals surface area (Å²) in [5.41, 5.74) is 0. The highest BCUT2D eigenvalue weighted by Crippen LogP contribution is 2.14. The van der Waals surface area contributed by atoms with Gasteiger partial charge in [-0.15, -0.1) is 0 Å². The lowest BCUT2D eigenvalue weighted by Crippen LogP contribution is -1.99. The second-order valence-electron chi connectivity index (χ2n) is 2.59. The molecular weight excluding hydrogens is 174 g/mol. The second-order valence-corrected chi connectivity index (χ2v) is 2.59. The normalized spacial score (nSPS) is 10.0. The minimum Gasteiger partial charge on any atom is -0.490 e. The molecule has 1 nitrogen and oxygen atoms in total. The maximum Gasteiger partial charge on any atom is 0.172 e. The molecule has 0 unspecified atom stereocenters. The van der Waals surface area contributed by atoms with Crippen LogP contribution in [0.4, 0.5) is 8.78 Å². The molecule has 0 fully saturated rings. The monoisotopic (exact) mass is 185 g/mol. The number of alkyl halides is 1. The number of hydrogen-bond acceptors (Lipinski definition) is 1. The Balaban J connectivity index is 2.32. The van der Waals surface area contributed by atoms with Crippen LogP contribution in [0.25, 0.3) is 0 Å².